The van der Waals surface area contributed by atoms with Crippen LogP contribution in [-0.4, -0.2) is 32.5 Å². The Labute approximate surface area is 179 Å². The molecule has 0 saturated carbocycles. The van der Waals surface area contributed by atoms with Crippen LogP contribution < -0.4 is 5.32 Å². The first-order chi connectivity index (χ1) is 14.6. The van der Waals surface area contributed by atoms with Crippen LogP contribution in [0.4, 0.5) is 0 Å². The van der Waals surface area contributed by atoms with Crippen molar-refractivity contribution in [2.24, 2.45) is 0 Å². The van der Waals surface area contributed by atoms with Gasteiger partial charge < -0.3 is 15.4 Å². The molecule has 0 aliphatic rings. The summed E-state index contributed by atoms with van der Waals surface area (Å²) < 4.78 is 0. The van der Waals surface area contributed by atoms with Gasteiger partial charge in [-0.15, -0.1) is 0 Å². The van der Waals surface area contributed by atoms with Crippen molar-refractivity contribution in [1.82, 2.24) is 20.3 Å². The molecule has 0 bridgehead atoms. The Balaban J connectivity index is 1.35. The van der Waals surface area contributed by atoms with Gasteiger partial charge in [0.2, 0.25) is 0 Å². The van der Waals surface area contributed by atoms with E-state index in [4.69, 9.17) is 11.6 Å². The van der Waals surface area contributed by atoms with Crippen molar-refractivity contribution in [3.8, 4) is 16.9 Å². The van der Waals surface area contributed by atoms with Gasteiger partial charge in [0.25, 0.3) is 5.91 Å². The minimum Gasteiger partial charge on any atom is -0.507 e. The molecule has 0 unspecified atom stereocenters. The lowest BCUT2D eigenvalue weighted by molar-refractivity contribution is 0.0950. The summed E-state index contributed by atoms with van der Waals surface area (Å²) in [6.45, 7) is 0.523. The van der Waals surface area contributed by atoms with E-state index in [9.17, 15) is 9.90 Å². The maximum absolute atomic E-state index is 12.1. The lowest BCUT2D eigenvalue weighted by Crippen LogP contribution is -2.24. The lowest BCUT2D eigenvalue weighted by atomic mass is 10.0. The van der Waals surface area contributed by atoms with E-state index in [-0.39, 0.29) is 17.2 Å². The number of fused-ring (bicyclic) bond motifs is 1. The second-order valence-electron chi connectivity index (χ2n) is 7.00. The number of hydrogen-bond acceptors (Lipinski definition) is 4. The molecule has 152 valence electrons. The highest BCUT2D eigenvalue weighted by atomic mass is 35.5. The predicted molar refractivity (Wildman–Crippen MR) is 118 cm³/mol. The van der Waals surface area contributed by atoms with Crippen LogP contribution in [0.1, 0.15) is 28.9 Å². The molecule has 4 rings (SSSR count). The average molecular weight is 421 g/mol. The summed E-state index contributed by atoms with van der Waals surface area (Å²) in [5.74, 6) is -0.289. The van der Waals surface area contributed by atoms with E-state index in [0.29, 0.717) is 11.7 Å². The third-order valence-corrected chi connectivity index (χ3v) is 5.10. The number of para-hydroxylation sites is 1. The molecule has 3 N–H and O–H groups in total. The van der Waals surface area contributed by atoms with Crippen LogP contribution in [0.25, 0.3) is 22.2 Å². The van der Waals surface area contributed by atoms with Gasteiger partial charge in [0.05, 0.1) is 5.56 Å². The summed E-state index contributed by atoms with van der Waals surface area (Å²) in [5.41, 5.74) is 4.06. The minimum absolute atomic E-state index is 0.0156. The Morgan fingerprint density at radius 2 is 2.00 bits per heavy atom. The number of halogens is 1. The van der Waals surface area contributed by atoms with Gasteiger partial charge in [-0.05, 0) is 61.2 Å². The molecular weight excluding hydrogens is 400 g/mol. The number of aromatic nitrogens is 3. The number of H-pyrrole nitrogens is 1. The standard InChI is InChI=1S/C23H21ClN4O2/c24-21-13-15(19-14-27-22-17(19)8-5-11-25-22)12-16(28-21)6-3-4-10-26-23(30)18-7-1-2-9-20(18)29/h1-2,5,7-9,11-14,29H,3-4,6,10H2,(H,25,27)(H,26,30). The van der Waals surface area contributed by atoms with E-state index in [2.05, 4.69) is 20.3 Å². The van der Waals surface area contributed by atoms with Crippen LogP contribution in [0.5, 0.6) is 5.75 Å². The van der Waals surface area contributed by atoms with E-state index < -0.39 is 0 Å². The molecule has 3 aromatic heterocycles. The number of benzene rings is 1. The van der Waals surface area contributed by atoms with Crippen molar-refractivity contribution >= 4 is 28.5 Å². The van der Waals surface area contributed by atoms with Crippen LogP contribution in [0.2, 0.25) is 5.15 Å². The Kier molecular flexibility index (Phi) is 5.95. The summed E-state index contributed by atoms with van der Waals surface area (Å²) in [6, 6.07) is 14.3. The highest BCUT2D eigenvalue weighted by Crippen LogP contribution is 2.29. The van der Waals surface area contributed by atoms with Crippen molar-refractivity contribution in [3.05, 3.63) is 77.3 Å². The molecule has 3 heterocycles. The van der Waals surface area contributed by atoms with Gasteiger partial charge >= 0.3 is 0 Å². The van der Waals surface area contributed by atoms with Gasteiger partial charge in [-0.3, -0.25) is 4.79 Å². The number of hydrogen-bond donors (Lipinski definition) is 3. The van der Waals surface area contributed by atoms with E-state index in [1.54, 1.807) is 24.4 Å². The fourth-order valence-corrected chi connectivity index (χ4v) is 3.65. The summed E-state index contributed by atoms with van der Waals surface area (Å²) in [4.78, 5) is 24.1. The molecule has 0 fully saturated rings. The fourth-order valence-electron chi connectivity index (χ4n) is 3.42. The molecule has 0 atom stereocenters. The number of unbranched alkanes of at least 4 members (excludes halogenated alkanes) is 1. The molecule has 1 aromatic carbocycles. The molecule has 4 aromatic rings. The van der Waals surface area contributed by atoms with E-state index in [1.807, 2.05) is 30.5 Å². The Morgan fingerprint density at radius 1 is 1.13 bits per heavy atom. The van der Waals surface area contributed by atoms with Crippen molar-refractivity contribution in [2.45, 2.75) is 19.3 Å². The normalized spacial score (nSPS) is 11.0. The predicted octanol–water partition coefficient (Wildman–Crippen LogP) is 4.74. The Hall–Kier alpha value is -3.38. The second kappa shape index (κ2) is 8.97. The van der Waals surface area contributed by atoms with Gasteiger partial charge in [-0.25, -0.2) is 9.97 Å². The molecule has 7 heteroatoms. The zero-order valence-corrected chi connectivity index (χ0v) is 17.0. The number of rotatable bonds is 7. The van der Waals surface area contributed by atoms with Gasteiger partial charge in [0.1, 0.15) is 16.5 Å². The molecule has 0 spiro atoms. The molecule has 0 aliphatic heterocycles. The zero-order chi connectivity index (χ0) is 20.9. The van der Waals surface area contributed by atoms with Crippen LogP contribution in [0.15, 0.2) is 60.9 Å². The monoisotopic (exact) mass is 420 g/mol. The number of aromatic hydroxyl groups is 1. The molecule has 1 amide bonds. The lowest BCUT2D eigenvalue weighted by Gasteiger charge is -2.08. The zero-order valence-electron chi connectivity index (χ0n) is 16.2. The number of nitrogens with zero attached hydrogens (tertiary/aromatic N) is 2. The number of carbonyl (C=O) groups is 1. The highest BCUT2D eigenvalue weighted by Gasteiger charge is 2.11. The van der Waals surface area contributed by atoms with Crippen molar-refractivity contribution in [3.63, 3.8) is 0 Å². The first kappa shape index (κ1) is 19.9. The maximum atomic E-state index is 12.1. The van der Waals surface area contributed by atoms with Crippen LogP contribution in [0.3, 0.4) is 0 Å². The van der Waals surface area contributed by atoms with Gasteiger partial charge in [-0.2, -0.15) is 0 Å². The number of aryl methyl sites for hydroxylation is 1. The topological polar surface area (TPSA) is 90.9 Å². The molecule has 0 saturated heterocycles. The smallest absolute Gasteiger partial charge is 0.255 e. The van der Waals surface area contributed by atoms with Crippen molar-refractivity contribution in [2.75, 3.05) is 6.54 Å². The van der Waals surface area contributed by atoms with Gasteiger partial charge in [-0.1, -0.05) is 23.7 Å². The van der Waals surface area contributed by atoms with E-state index in [0.717, 1.165) is 47.1 Å². The second-order valence-corrected chi connectivity index (χ2v) is 7.39. The van der Waals surface area contributed by atoms with E-state index in [1.165, 1.54) is 6.07 Å². The summed E-state index contributed by atoms with van der Waals surface area (Å²) in [6.07, 6.45) is 6.08. The van der Waals surface area contributed by atoms with Crippen LogP contribution in [0, 0.1) is 0 Å². The number of aromatic amines is 1. The van der Waals surface area contributed by atoms with Gasteiger partial charge in [0, 0.05) is 35.6 Å². The van der Waals surface area contributed by atoms with Crippen molar-refractivity contribution < 1.29 is 9.90 Å². The van der Waals surface area contributed by atoms with Crippen LogP contribution in [-0.2, 0) is 6.42 Å². The number of phenolic OH excluding ortho intramolecular Hbond substituents is 1. The largest absolute Gasteiger partial charge is 0.507 e. The van der Waals surface area contributed by atoms with Crippen molar-refractivity contribution in [1.29, 1.82) is 0 Å². The molecule has 0 radical (unpaired) electrons. The third-order valence-electron chi connectivity index (χ3n) is 4.90. The highest BCUT2D eigenvalue weighted by molar-refractivity contribution is 6.29. The Bertz CT molecular complexity index is 1190. The van der Waals surface area contributed by atoms with Crippen LogP contribution >= 0.6 is 11.6 Å². The SMILES string of the molecule is O=C(NCCCCc1cc(-c2c[nH]c3ncccc23)cc(Cl)n1)c1ccccc1O. The number of carbonyl (C=O) groups excluding carboxylic acids is 1. The number of amides is 1. The molecular formula is C23H21ClN4O2. The number of nitrogens with one attached hydrogen (secondary N) is 2. The Morgan fingerprint density at radius 3 is 2.87 bits per heavy atom. The first-order valence-electron chi connectivity index (χ1n) is 9.77. The quantitative estimate of drug-likeness (QED) is 0.297. The third kappa shape index (κ3) is 4.44. The summed E-state index contributed by atoms with van der Waals surface area (Å²) in [7, 11) is 0. The number of pyridine rings is 2. The number of phenols is 1. The molecule has 0 aliphatic carbocycles. The maximum Gasteiger partial charge on any atom is 0.255 e. The fraction of sp³-hybridized carbons (Fsp3) is 0.174. The van der Waals surface area contributed by atoms with Gasteiger partial charge in [0.15, 0.2) is 0 Å². The minimum atomic E-state index is -0.274. The molecule has 6 nitrogen and oxygen atoms in total. The molecule has 30 heavy (non-hydrogen) atoms. The first-order valence-corrected chi connectivity index (χ1v) is 10.1. The summed E-state index contributed by atoms with van der Waals surface area (Å²) >= 11 is 6.26. The average Bonchev–Trinajstić information content (AvgIpc) is 3.17. The van der Waals surface area contributed by atoms with E-state index >= 15 is 0 Å². The summed E-state index contributed by atoms with van der Waals surface area (Å²) in [5, 5.41) is 14.1.